The molecule has 2 aromatic heterocycles. The Labute approximate surface area is 196 Å². The Morgan fingerprint density at radius 2 is 1.76 bits per heavy atom. The molecule has 1 fully saturated rings. The Morgan fingerprint density at radius 1 is 1.06 bits per heavy atom. The molecule has 11 heteroatoms. The maximum Gasteiger partial charge on any atom is 0.331 e. The molecular weight excluding hydrogens is 458 g/mol. The molecule has 10 nitrogen and oxygen atoms in total. The van der Waals surface area contributed by atoms with Gasteiger partial charge in [0.2, 0.25) is 5.91 Å². The Kier molecular flexibility index (Phi) is 6.56. The highest BCUT2D eigenvalue weighted by molar-refractivity contribution is 7.92. The summed E-state index contributed by atoms with van der Waals surface area (Å²) < 4.78 is 30.4. The lowest BCUT2D eigenvalue weighted by atomic mass is 10.2. The van der Waals surface area contributed by atoms with Crippen LogP contribution in [0.3, 0.4) is 0 Å². The van der Waals surface area contributed by atoms with Crippen molar-refractivity contribution >= 4 is 32.7 Å². The first-order chi connectivity index (χ1) is 16.2. The Bertz CT molecular complexity index is 1470. The van der Waals surface area contributed by atoms with Gasteiger partial charge in [0.1, 0.15) is 12.4 Å². The first-order valence-corrected chi connectivity index (χ1v) is 12.6. The zero-order valence-corrected chi connectivity index (χ0v) is 20.0. The molecule has 0 atom stereocenters. The second-order valence-electron chi connectivity index (χ2n) is 8.53. The fourth-order valence-corrected chi connectivity index (χ4v) is 5.17. The van der Waals surface area contributed by atoms with Gasteiger partial charge in [-0.3, -0.25) is 23.4 Å². The molecule has 0 unspecified atom stereocenters. The van der Waals surface area contributed by atoms with Crippen LogP contribution in [-0.2, 0) is 28.4 Å². The lowest BCUT2D eigenvalue weighted by Gasteiger charge is -2.21. The van der Waals surface area contributed by atoms with Crippen LogP contribution in [0.5, 0.6) is 0 Å². The van der Waals surface area contributed by atoms with Crippen molar-refractivity contribution in [2.24, 2.45) is 7.05 Å². The predicted molar refractivity (Wildman–Crippen MR) is 128 cm³/mol. The second-order valence-corrected chi connectivity index (χ2v) is 10.2. The van der Waals surface area contributed by atoms with Crippen LogP contribution in [0.2, 0.25) is 0 Å². The summed E-state index contributed by atoms with van der Waals surface area (Å²) in [4.78, 5) is 44.5. The van der Waals surface area contributed by atoms with Crippen molar-refractivity contribution in [3.8, 4) is 0 Å². The summed E-state index contributed by atoms with van der Waals surface area (Å²) in [5.74, 6) is -0.141. The maximum absolute atomic E-state index is 13.2. The predicted octanol–water partition coefficient (Wildman–Crippen LogP) is 1.61. The van der Waals surface area contributed by atoms with Gasteiger partial charge in [-0.25, -0.2) is 18.2 Å². The van der Waals surface area contributed by atoms with Crippen molar-refractivity contribution in [2.75, 3.05) is 17.8 Å². The Morgan fingerprint density at radius 3 is 2.44 bits per heavy atom. The largest absolute Gasteiger partial charge is 0.341 e. The number of aromatic nitrogens is 3. The zero-order valence-electron chi connectivity index (χ0n) is 19.2. The number of anilines is 1. The number of likely N-dealkylation sites (tertiary alicyclic amines) is 1. The van der Waals surface area contributed by atoms with Gasteiger partial charge in [0.05, 0.1) is 15.8 Å². The fourth-order valence-electron chi connectivity index (χ4n) is 4.15. The Balaban J connectivity index is 1.73. The molecule has 0 bridgehead atoms. The van der Waals surface area contributed by atoms with Gasteiger partial charge in [0, 0.05) is 26.3 Å². The van der Waals surface area contributed by atoms with Crippen molar-refractivity contribution in [2.45, 2.75) is 44.0 Å². The van der Waals surface area contributed by atoms with E-state index in [1.54, 1.807) is 17.0 Å². The molecule has 1 aliphatic heterocycles. The molecule has 0 radical (unpaired) electrons. The summed E-state index contributed by atoms with van der Waals surface area (Å²) in [5.41, 5.74) is -0.218. The molecule has 1 N–H and O–H groups in total. The third-order valence-electron chi connectivity index (χ3n) is 6.04. The number of pyridine rings is 1. The van der Waals surface area contributed by atoms with Gasteiger partial charge < -0.3 is 4.90 Å². The van der Waals surface area contributed by atoms with Crippen molar-refractivity contribution in [1.29, 1.82) is 0 Å². The zero-order chi connectivity index (χ0) is 24.5. The van der Waals surface area contributed by atoms with E-state index in [9.17, 15) is 22.8 Å². The summed E-state index contributed by atoms with van der Waals surface area (Å²) in [6.07, 6.45) is 5.36. The van der Waals surface area contributed by atoms with Crippen LogP contribution in [0.1, 0.15) is 31.2 Å². The first-order valence-electron chi connectivity index (χ1n) is 11.1. The molecule has 0 spiro atoms. The minimum atomic E-state index is -4.04. The highest BCUT2D eigenvalue weighted by atomic mass is 32.2. The topological polar surface area (TPSA) is 123 Å². The van der Waals surface area contributed by atoms with Crippen molar-refractivity contribution in [1.82, 2.24) is 19.0 Å². The molecular formula is C23H27N5O5S. The average molecular weight is 486 g/mol. The van der Waals surface area contributed by atoms with Crippen molar-refractivity contribution < 1.29 is 13.2 Å². The number of aryl methyl sites for hydroxylation is 2. The third kappa shape index (κ3) is 4.74. The number of amides is 1. The van der Waals surface area contributed by atoms with Gasteiger partial charge in [0.15, 0.2) is 0 Å². The standard InChI is InChI=1S/C23H27N5O5S/c1-16-9-10-24-20(13-16)25-34(32,33)17-7-8-19-18(14-17)22(30)28(23(31)26(19)2)15-21(29)27-11-5-3-4-6-12-27/h7-10,13-14H,3-6,11-12,15H2,1-2H3,(H,24,25). The minimum absolute atomic E-state index is 0.0332. The summed E-state index contributed by atoms with van der Waals surface area (Å²) in [5, 5.41) is 0.0332. The van der Waals surface area contributed by atoms with Crippen LogP contribution in [0.15, 0.2) is 51.0 Å². The van der Waals surface area contributed by atoms with E-state index < -0.39 is 21.3 Å². The Hall–Kier alpha value is -3.47. The van der Waals surface area contributed by atoms with Crippen LogP contribution in [0.25, 0.3) is 10.9 Å². The van der Waals surface area contributed by atoms with E-state index in [0.29, 0.717) is 13.1 Å². The highest BCUT2D eigenvalue weighted by Gasteiger charge is 2.21. The number of rotatable bonds is 5. The SMILES string of the molecule is Cc1ccnc(NS(=O)(=O)c2ccc3c(c2)c(=O)n(CC(=O)N2CCCCCC2)c(=O)n3C)c1. The molecule has 1 aliphatic rings. The lowest BCUT2D eigenvalue weighted by Crippen LogP contribution is -2.44. The minimum Gasteiger partial charge on any atom is -0.341 e. The van der Waals surface area contributed by atoms with Crippen molar-refractivity contribution in [3.05, 3.63) is 62.9 Å². The van der Waals surface area contributed by atoms with Crippen LogP contribution in [-0.4, -0.2) is 46.4 Å². The summed E-state index contributed by atoms with van der Waals surface area (Å²) in [6.45, 7) is 2.63. The number of nitrogens with one attached hydrogen (secondary N) is 1. The second kappa shape index (κ2) is 9.41. The fraction of sp³-hybridized carbons (Fsp3) is 0.391. The lowest BCUT2D eigenvalue weighted by molar-refractivity contribution is -0.131. The molecule has 0 saturated carbocycles. The van der Waals surface area contributed by atoms with Crippen molar-refractivity contribution in [3.63, 3.8) is 0 Å². The van der Waals surface area contributed by atoms with E-state index in [1.165, 1.54) is 36.0 Å². The molecule has 34 heavy (non-hydrogen) atoms. The number of hydrogen-bond acceptors (Lipinski definition) is 6. The van der Waals surface area contributed by atoms with Gasteiger partial charge in [-0.05, 0) is 55.7 Å². The van der Waals surface area contributed by atoms with Crippen LogP contribution >= 0.6 is 0 Å². The van der Waals surface area contributed by atoms with Crippen LogP contribution in [0, 0.1) is 6.92 Å². The third-order valence-corrected chi connectivity index (χ3v) is 7.39. The highest BCUT2D eigenvalue weighted by Crippen LogP contribution is 2.19. The smallest absolute Gasteiger partial charge is 0.331 e. The molecule has 3 heterocycles. The van der Waals surface area contributed by atoms with E-state index in [0.717, 1.165) is 35.8 Å². The van der Waals surface area contributed by atoms with E-state index in [4.69, 9.17) is 0 Å². The molecule has 1 saturated heterocycles. The summed E-state index contributed by atoms with van der Waals surface area (Å²) in [6, 6.07) is 7.29. The number of carbonyl (C=O) groups is 1. The molecule has 180 valence electrons. The van der Waals surface area contributed by atoms with Gasteiger partial charge in [0.25, 0.3) is 15.6 Å². The normalized spacial score (nSPS) is 14.7. The first kappa shape index (κ1) is 23.7. The average Bonchev–Trinajstić information content (AvgIpc) is 3.09. The van der Waals surface area contributed by atoms with Gasteiger partial charge in [-0.2, -0.15) is 0 Å². The van der Waals surface area contributed by atoms with Gasteiger partial charge in [-0.1, -0.05) is 12.8 Å². The molecule has 1 aromatic carbocycles. The van der Waals surface area contributed by atoms with Gasteiger partial charge >= 0.3 is 5.69 Å². The molecule has 1 amide bonds. The van der Waals surface area contributed by atoms with E-state index in [2.05, 4.69) is 9.71 Å². The number of benzene rings is 1. The maximum atomic E-state index is 13.2. The summed E-state index contributed by atoms with van der Waals surface area (Å²) in [7, 11) is -2.56. The molecule has 4 rings (SSSR count). The summed E-state index contributed by atoms with van der Waals surface area (Å²) >= 11 is 0. The number of sulfonamides is 1. The van der Waals surface area contributed by atoms with E-state index >= 15 is 0 Å². The monoisotopic (exact) mass is 485 g/mol. The van der Waals surface area contributed by atoms with E-state index in [1.807, 2.05) is 6.92 Å². The number of hydrogen-bond donors (Lipinski definition) is 1. The van der Waals surface area contributed by atoms with Gasteiger partial charge in [-0.15, -0.1) is 0 Å². The quantitative estimate of drug-likeness (QED) is 0.586. The molecule has 3 aromatic rings. The number of nitrogens with zero attached hydrogens (tertiary/aromatic N) is 4. The molecule has 0 aliphatic carbocycles. The van der Waals surface area contributed by atoms with E-state index in [-0.39, 0.29) is 34.1 Å². The van der Waals surface area contributed by atoms with Crippen LogP contribution < -0.4 is 16.0 Å². The number of carbonyl (C=O) groups excluding carboxylic acids is 1. The number of fused-ring (bicyclic) bond motifs is 1. The van der Waals surface area contributed by atoms with Crippen LogP contribution in [0.4, 0.5) is 5.82 Å².